The Kier molecular flexibility index (Phi) is 5.89. The Morgan fingerprint density at radius 1 is 0.970 bits per heavy atom. The molecule has 1 amide bonds. The molecule has 7 heteroatoms. The fourth-order valence-corrected chi connectivity index (χ4v) is 6.17. The fourth-order valence-electron chi connectivity index (χ4n) is 4.76. The number of amides is 1. The third kappa shape index (κ3) is 3.91. The van der Waals surface area contributed by atoms with Gasteiger partial charge in [0.25, 0.3) is 5.91 Å². The summed E-state index contributed by atoms with van der Waals surface area (Å²) in [4.78, 5) is 17.0. The molecular formula is C26H28N2O4S. The second-order valence-electron chi connectivity index (χ2n) is 8.36. The highest BCUT2D eigenvalue weighted by atomic mass is 32.1. The lowest BCUT2D eigenvalue weighted by Gasteiger charge is -2.38. The molecule has 3 aromatic rings. The van der Waals surface area contributed by atoms with E-state index in [1.807, 2.05) is 30.3 Å². The number of aryl methyl sites for hydroxylation is 1. The first-order valence-electron chi connectivity index (χ1n) is 11.2. The first-order chi connectivity index (χ1) is 16.1. The predicted octanol–water partition coefficient (Wildman–Crippen LogP) is 5.10. The van der Waals surface area contributed by atoms with E-state index in [9.17, 15) is 4.79 Å². The summed E-state index contributed by atoms with van der Waals surface area (Å²) in [5.74, 6) is 2.15. The minimum Gasteiger partial charge on any atom is -0.497 e. The van der Waals surface area contributed by atoms with Gasteiger partial charge in [-0.05, 0) is 66.6 Å². The molecule has 1 aliphatic heterocycles. The number of hydrogen-bond acceptors (Lipinski definition) is 6. The van der Waals surface area contributed by atoms with E-state index in [4.69, 9.17) is 14.2 Å². The van der Waals surface area contributed by atoms with Gasteiger partial charge in [0.05, 0.1) is 26.9 Å². The highest BCUT2D eigenvalue weighted by Gasteiger charge is 2.37. The van der Waals surface area contributed by atoms with Crippen molar-refractivity contribution >= 4 is 22.2 Å². The molecule has 2 heterocycles. The van der Waals surface area contributed by atoms with Gasteiger partial charge in [-0.3, -0.25) is 4.79 Å². The first-order valence-corrected chi connectivity index (χ1v) is 12.0. The number of methoxy groups -OCH3 is 3. The van der Waals surface area contributed by atoms with Crippen LogP contribution in [0.25, 0.3) is 0 Å². The van der Waals surface area contributed by atoms with Crippen molar-refractivity contribution in [3.8, 4) is 17.2 Å². The van der Waals surface area contributed by atoms with E-state index in [1.54, 1.807) is 32.7 Å². The monoisotopic (exact) mass is 464 g/mol. The van der Waals surface area contributed by atoms with Gasteiger partial charge in [-0.2, -0.15) is 0 Å². The van der Waals surface area contributed by atoms with Crippen molar-refractivity contribution in [2.24, 2.45) is 0 Å². The van der Waals surface area contributed by atoms with Gasteiger partial charge in [-0.25, -0.2) is 0 Å². The molecule has 6 nitrogen and oxygen atoms in total. The average Bonchev–Trinajstić information content (AvgIpc) is 3.26. The van der Waals surface area contributed by atoms with Crippen LogP contribution in [0.2, 0.25) is 0 Å². The van der Waals surface area contributed by atoms with Crippen molar-refractivity contribution in [3.63, 3.8) is 0 Å². The fraction of sp³-hybridized carbons (Fsp3) is 0.346. The molecule has 0 radical (unpaired) electrons. The summed E-state index contributed by atoms with van der Waals surface area (Å²) in [6.07, 6.45) is 4.04. The van der Waals surface area contributed by atoms with Gasteiger partial charge in [0.2, 0.25) is 0 Å². The Morgan fingerprint density at radius 2 is 1.73 bits per heavy atom. The number of nitrogens with one attached hydrogen (secondary N) is 1. The average molecular weight is 465 g/mol. The van der Waals surface area contributed by atoms with Gasteiger partial charge in [0.15, 0.2) is 11.5 Å². The zero-order valence-electron chi connectivity index (χ0n) is 19.1. The van der Waals surface area contributed by atoms with Gasteiger partial charge in [-0.15, -0.1) is 11.3 Å². The lowest BCUT2D eigenvalue weighted by atomic mass is 9.94. The van der Waals surface area contributed by atoms with Crippen molar-refractivity contribution in [1.82, 2.24) is 5.32 Å². The zero-order valence-corrected chi connectivity index (χ0v) is 20.0. The maximum atomic E-state index is 13.4. The summed E-state index contributed by atoms with van der Waals surface area (Å²) >= 11 is 1.78. The van der Waals surface area contributed by atoms with E-state index in [1.165, 1.54) is 16.9 Å². The number of thiophene rings is 1. The van der Waals surface area contributed by atoms with Crippen LogP contribution < -0.4 is 24.4 Å². The Labute approximate surface area is 198 Å². The summed E-state index contributed by atoms with van der Waals surface area (Å²) in [6.45, 7) is 0.662. The molecule has 33 heavy (non-hydrogen) atoms. The Balaban J connectivity index is 1.60. The summed E-state index contributed by atoms with van der Waals surface area (Å²) in [6, 6.07) is 13.9. The van der Waals surface area contributed by atoms with Crippen molar-refractivity contribution in [3.05, 3.63) is 69.6 Å². The quantitative estimate of drug-likeness (QED) is 0.550. The van der Waals surface area contributed by atoms with Gasteiger partial charge >= 0.3 is 0 Å². The Bertz CT molecular complexity index is 1170. The van der Waals surface area contributed by atoms with Gasteiger partial charge in [0, 0.05) is 11.4 Å². The van der Waals surface area contributed by atoms with Crippen molar-refractivity contribution in [2.75, 3.05) is 26.2 Å². The number of anilines is 1. The summed E-state index contributed by atoms with van der Waals surface area (Å²) in [5.41, 5.74) is 4.20. The molecule has 0 spiro atoms. The van der Waals surface area contributed by atoms with E-state index in [0.29, 0.717) is 18.0 Å². The molecule has 172 valence electrons. The summed E-state index contributed by atoms with van der Waals surface area (Å²) in [5, 5.41) is 4.34. The third-order valence-electron chi connectivity index (χ3n) is 6.46. The maximum absolute atomic E-state index is 13.4. The topological polar surface area (TPSA) is 60.0 Å². The first kappa shape index (κ1) is 21.6. The highest BCUT2D eigenvalue weighted by Crippen LogP contribution is 2.46. The SMILES string of the molecule is COc1ccc(CN2c3sc4c(c3C(=O)N[C@@H]2c2ccc(OC)c(OC)c2)CCCC4)cc1. The van der Waals surface area contributed by atoms with Crippen molar-refractivity contribution in [1.29, 1.82) is 0 Å². The molecule has 0 saturated heterocycles. The number of hydrogen-bond donors (Lipinski definition) is 1. The van der Waals surface area contributed by atoms with E-state index in [0.717, 1.165) is 46.7 Å². The minimum atomic E-state index is -0.313. The summed E-state index contributed by atoms with van der Waals surface area (Å²) in [7, 11) is 4.92. The van der Waals surface area contributed by atoms with Crippen LogP contribution in [-0.4, -0.2) is 27.2 Å². The second kappa shape index (κ2) is 8.98. The number of ether oxygens (including phenoxy) is 3. The van der Waals surface area contributed by atoms with E-state index in [2.05, 4.69) is 22.3 Å². The van der Waals surface area contributed by atoms with Gasteiger partial charge in [0.1, 0.15) is 16.9 Å². The second-order valence-corrected chi connectivity index (χ2v) is 9.44. The molecule has 1 atom stereocenters. The maximum Gasteiger partial charge on any atom is 0.256 e. The molecule has 5 rings (SSSR count). The lowest BCUT2D eigenvalue weighted by molar-refractivity contribution is 0.0925. The molecule has 1 aliphatic carbocycles. The molecule has 0 saturated carbocycles. The van der Waals surface area contributed by atoms with Crippen LogP contribution in [0.1, 0.15) is 50.9 Å². The van der Waals surface area contributed by atoms with Crippen LogP contribution in [0.15, 0.2) is 42.5 Å². The number of carbonyl (C=O) groups is 1. The number of fused-ring (bicyclic) bond motifs is 3. The van der Waals surface area contributed by atoms with E-state index < -0.39 is 0 Å². The largest absolute Gasteiger partial charge is 0.497 e. The summed E-state index contributed by atoms with van der Waals surface area (Å²) < 4.78 is 16.3. The molecule has 0 bridgehead atoms. The van der Waals surface area contributed by atoms with E-state index in [-0.39, 0.29) is 12.1 Å². The van der Waals surface area contributed by atoms with Crippen LogP contribution in [0.5, 0.6) is 17.2 Å². The standard InChI is InChI=1S/C26H28N2O4S/c1-30-18-11-8-16(9-12-18)15-28-24(17-10-13-20(31-2)21(14-17)32-3)27-25(29)23-19-6-4-5-7-22(19)33-26(23)28/h8-14,24H,4-7,15H2,1-3H3,(H,27,29)/t24-/m0/s1. The van der Waals surface area contributed by atoms with E-state index >= 15 is 0 Å². The Morgan fingerprint density at radius 3 is 2.45 bits per heavy atom. The van der Waals surface area contributed by atoms with Crippen molar-refractivity contribution in [2.45, 2.75) is 38.4 Å². The molecule has 0 unspecified atom stereocenters. The smallest absolute Gasteiger partial charge is 0.256 e. The van der Waals surface area contributed by atoms with Crippen molar-refractivity contribution < 1.29 is 19.0 Å². The molecular weight excluding hydrogens is 436 g/mol. The number of benzene rings is 2. The van der Waals surface area contributed by atoms with Crippen LogP contribution in [0.3, 0.4) is 0 Å². The lowest BCUT2D eigenvalue weighted by Crippen LogP contribution is -2.45. The van der Waals surface area contributed by atoms with Crippen LogP contribution in [0.4, 0.5) is 5.00 Å². The van der Waals surface area contributed by atoms with Crippen LogP contribution >= 0.6 is 11.3 Å². The predicted molar refractivity (Wildman–Crippen MR) is 130 cm³/mol. The third-order valence-corrected chi connectivity index (χ3v) is 7.78. The zero-order chi connectivity index (χ0) is 22.9. The van der Waals surface area contributed by atoms with Gasteiger partial charge in [-0.1, -0.05) is 18.2 Å². The number of nitrogens with zero attached hydrogens (tertiary/aromatic N) is 1. The van der Waals surface area contributed by atoms with Crippen LogP contribution in [0, 0.1) is 0 Å². The molecule has 2 aromatic carbocycles. The van der Waals surface area contributed by atoms with Crippen LogP contribution in [-0.2, 0) is 19.4 Å². The molecule has 2 aliphatic rings. The Hall–Kier alpha value is -3.19. The molecule has 1 aromatic heterocycles. The minimum absolute atomic E-state index is 0.00941. The highest BCUT2D eigenvalue weighted by molar-refractivity contribution is 7.16. The normalized spacial score (nSPS) is 17.1. The molecule has 0 fully saturated rings. The molecule has 1 N–H and O–H groups in total. The van der Waals surface area contributed by atoms with Gasteiger partial charge < -0.3 is 24.4 Å². The number of rotatable bonds is 6. The number of carbonyl (C=O) groups excluding carboxylic acids is 1.